The molecule has 0 spiro atoms. The molecule has 0 unspecified atom stereocenters. The minimum Gasteiger partial charge on any atom is -0.496 e. The lowest BCUT2D eigenvalue weighted by Gasteiger charge is -2.41. The van der Waals surface area contributed by atoms with Crippen LogP contribution in [0.4, 0.5) is 11.4 Å². The summed E-state index contributed by atoms with van der Waals surface area (Å²) in [5.74, 6) is 0.556. The molecule has 1 fully saturated rings. The molecule has 130 valence electrons. The van der Waals surface area contributed by atoms with Crippen molar-refractivity contribution in [1.82, 2.24) is 0 Å². The molecule has 25 heavy (non-hydrogen) atoms. The standard InChI is InChI=1S/C20H22N2O3/c1-14(23)21-15-7-5-8-16(13-15)22-19(24)20(11-6-12-20)17-9-3-4-10-18(17)25-2/h3-5,7-10,13H,6,11-12H2,1-2H3,(H,21,23)(H,22,24). The minimum absolute atomic E-state index is 0.0387. The maximum atomic E-state index is 13.1. The summed E-state index contributed by atoms with van der Waals surface area (Å²) in [6, 6.07) is 14.9. The van der Waals surface area contributed by atoms with Gasteiger partial charge in [-0.3, -0.25) is 9.59 Å². The zero-order valence-electron chi connectivity index (χ0n) is 14.5. The average molecular weight is 338 g/mol. The van der Waals surface area contributed by atoms with E-state index < -0.39 is 5.41 Å². The van der Waals surface area contributed by atoms with Gasteiger partial charge in [-0.25, -0.2) is 0 Å². The highest BCUT2D eigenvalue weighted by Gasteiger charge is 2.47. The van der Waals surface area contributed by atoms with Gasteiger partial charge in [0.25, 0.3) is 0 Å². The maximum Gasteiger partial charge on any atom is 0.235 e. The number of hydrogen-bond acceptors (Lipinski definition) is 3. The molecule has 2 N–H and O–H groups in total. The second kappa shape index (κ2) is 6.97. The van der Waals surface area contributed by atoms with Crippen molar-refractivity contribution in [3.63, 3.8) is 0 Å². The van der Waals surface area contributed by atoms with E-state index in [2.05, 4.69) is 10.6 Å². The fraction of sp³-hybridized carbons (Fsp3) is 0.300. The number of methoxy groups -OCH3 is 1. The first kappa shape index (κ1) is 17.0. The number of amides is 2. The van der Waals surface area contributed by atoms with Crippen molar-refractivity contribution in [1.29, 1.82) is 0 Å². The van der Waals surface area contributed by atoms with Gasteiger partial charge >= 0.3 is 0 Å². The average Bonchev–Trinajstić information content (AvgIpc) is 2.54. The van der Waals surface area contributed by atoms with Crippen LogP contribution in [0, 0.1) is 0 Å². The number of nitrogens with one attached hydrogen (secondary N) is 2. The summed E-state index contributed by atoms with van der Waals surface area (Å²) in [5.41, 5.74) is 1.69. The van der Waals surface area contributed by atoms with Gasteiger partial charge in [-0.1, -0.05) is 30.7 Å². The molecule has 0 aromatic heterocycles. The van der Waals surface area contributed by atoms with Crippen LogP contribution in [0.15, 0.2) is 48.5 Å². The molecule has 5 heteroatoms. The number of para-hydroxylation sites is 1. The van der Waals surface area contributed by atoms with Crippen LogP contribution < -0.4 is 15.4 Å². The summed E-state index contributed by atoms with van der Waals surface area (Å²) in [7, 11) is 1.63. The molecule has 0 atom stereocenters. The van der Waals surface area contributed by atoms with E-state index in [0.29, 0.717) is 11.4 Å². The third-order valence-corrected chi connectivity index (χ3v) is 4.71. The Bertz CT molecular complexity index is 797. The fourth-order valence-electron chi connectivity index (χ4n) is 3.32. The molecule has 2 aromatic rings. The summed E-state index contributed by atoms with van der Waals surface area (Å²) in [6.07, 6.45) is 2.60. The van der Waals surface area contributed by atoms with Gasteiger partial charge in [0.05, 0.1) is 12.5 Å². The number of carbonyl (C=O) groups excluding carboxylic acids is 2. The Balaban J connectivity index is 1.85. The third-order valence-electron chi connectivity index (χ3n) is 4.71. The summed E-state index contributed by atoms with van der Waals surface area (Å²) in [4.78, 5) is 24.3. The largest absolute Gasteiger partial charge is 0.496 e. The van der Waals surface area contributed by atoms with Gasteiger partial charge in [0.1, 0.15) is 5.75 Å². The zero-order valence-corrected chi connectivity index (χ0v) is 14.5. The van der Waals surface area contributed by atoms with E-state index in [4.69, 9.17) is 4.74 Å². The Labute approximate surface area is 147 Å². The van der Waals surface area contributed by atoms with Crippen LogP contribution in [0.1, 0.15) is 31.7 Å². The molecular formula is C20H22N2O3. The molecule has 1 aliphatic rings. The highest BCUT2D eigenvalue weighted by atomic mass is 16.5. The van der Waals surface area contributed by atoms with Crippen molar-refractivity contribution >= 4 is 23.2 Å². The quantitative estimate of drug-likeness (QED) is 0.873. The third kappa shape index (κ3) is 3.36. The van der Waals surface area contributed by atoms with E-state index in [9.17, 15) is 9.59 Å². The highest BCUT2D eigenvalue weighted by Crippen LogP contribution is 2.47. The molecule has 2 aromatic carbocycles. The smallest absolute Gasteiger partial charge is 0.235 e. The lowest BCUT2D eigenvalue weighted by atomic mass is 9.63. The van der Waals surface area contributed by atoms with Crippen LogP contribution in [-0.4, -0.2) is 18.9 Å². The van der Waals surface area contributed by atoms with Crippen LogP contribution in [-0.2, 0) is 15.0 Å². The van der Waals surface area contributed by atoms with E-state index in [1.165, 1.54) is 6.92 Å². The first-order valence-electron chi connectivity index (χ1n) is 8.38. The first-order valence-corrected chi connectivity index (χ1v) is 8.38. The van der Waals surface area contributed by atoms with Crippen molar-refractivity contribution in [3.05, 3.63) is 54.1 Å². The van der Waals surface area contributed by atoms with Crippen molar-refractivity contribution < 1.29 is 14.3 Å². The van der Waals surface area contributed by atoms with Crippen LogP contribution in [0.25, 0.3) is 0 Å². The Morgan fingerprint density at radius 1 is 1.00 bits per heavy atom. The van der Waals surface area contributed by atoms with Gasteiger partial charge in [0, 0.05) is 23.9 Å². The van der Waals surface area contributed by atoms with Crippen LogP contribution in [0.2, 0.25) is 0 Å². The van der Waals surface area contributed by atoms with Crippen LogP contribution in [0.5, 0.6) is 5.75 Å². The lowest BCUT2D eigenvalue weighted by molar-refractivity contribution is -0.124. The van der Waals surface area contributed by atoms with Crippen molar-refractivity contribution in [2.45, 2.75) is 31.6 Å². The predicted molar refractivity (Wildman–Crippen MR) is 97.9 cm³/mol. The molecule has 0 heterocycles. The number of ether oxygens (including phenoxy) is 1. The number of anilines is 2. The van der Waals surface area contributed by atoms with Gasteiger partial charge in [-0.15, -0.1) is 0 Å². The molecular weight excluding hydrogens is 316 g/mol. The van der Waals surface area contributed by atoms with Crippen molar-refractivity contribution in [2.24, 2.45) is 0 Å². The molecule has 2 amide bonds. The topological polar surface area (TPSA) is 67.4 Å². The monoisotopic (exact) mass is 338 g/mol. The second-order valence-electron chi connectivity index (χ2n) is 6.35. The zero-order chi connectivity index (χ0) is 17.9. The molecule has 1 aliphatic carbocycles. The van der Waals surface area contributed by atoms with Gasteiger partial charge < -0.3 is 15.4 Å². The van der Waals surface area contributed by atoms with Crippen LogP contribution >= 0.6 is 0 Å². The van der Waals surface area contributed by atoms with E-state index in [1.807, 2.05) is 30.3 Å². The first-order chi connectivity index (χ1) is 12.0. The molecule has 1 saturated carbocycles. The Kier molecular flexibility index (Phi) is 4.74. The molecule has 0 bridgehead atoms. The Morgan fingerprint density at radius 3 is 2.28 bits per heavy atom. The summed E-state index contributed by atoms with van der Waals surface area (Å²) in [5, 5.41) is 5.73. The number of benzene rings is 2. The van der Waals surface area contributed by atoms with Crippen molar-refractivity contribution in [3.8, 4) is 5.75 Å². The van der Waals surface area contributed by atoms with E-state index in [1.54, 1.807) is 25.3 Å². The second-order valence-corrected chi connectivity index (χ2v) is 6.35. The normalized spacial score (nSPS) is 15.0. The SMILES string of the molecule is COc1ccccc1C1(C(=O)Nc2cccc(NC(C)=O)c2)CCC1. The van der Waals surface area contributed by atoms with Gasteiger partial charge in [0.2, 0.25) is 11.8 Å². The van der Waals surface area contributed by atoms with Gasteiger partial charge in [-0.2, -0.15) is 0 Å². The van der Waals surface area contributed by atoms with E-state index >= 15 is 0 Å². The summed E-state index contributed by atoms with van der Waals surface area (Å²) >= 11 is 0. The number of carbonyl (C=O) groups is 2. The Hall–Kier alpha value is -2.82. The number of hydrogen-bond donors (Lipinski definition) is 2. The van der Waals surface area contributed by atoms with Crippen LogP contribution in [0.3, 0.4) is 0 Å². The van der Waals surface area contributed by atoms with Gasteiger partial charge in [-0.05, 0) is 37.1 Å². The summed E-state index contributed by atoms with van der Waals surface area (Å²) in [6.45, 7) is 1.45. The molecule has 5 nitrogen and oxygen atoms in total. The van der Waals surface area contributed by atoms with E-state index in [-0.39, 0.29) is 11.8 Å². The molecule has 0 saturated heterocycles. The van der Waals surface area contributed by atoms with E-state index in [0.717, 1.165) is 30.6 Å². The van der Waals surface area contributed by atoms with Gasteiger partial charge in [0.15, 0.2) is 0 Å². The minimum atomic E-state index is -0.559. The highest BCUT2D eigenvalue weighted by molar-refractivity contribution is 6.01. The molecule has 3 rings (SSSR count). The number of rotatable bonds is 5. The Morgan fingerprint density at radius 2 is 1.68 bits per heavy atom. The lowest BCUT2D eigenvalue weighted by Crippen LogP contribution is -2.46. The maximum absolute atomic E-state index is 13.1. The molecule has 0 radical (unpaired) electrons. The molecule has 0 aliphatic heterocycles. The predicted octanol–water partition coefficient (Wildman–Crippen LogP) is 3.71. The summed E-state index contributed by atoms with van der Waals surface area (Å²) < 4.78 is 5.46. The fourth-order valence-corrected chi connectivity index (χ4v) is 3.32. The van der Waals surface area contributed by atoms with Crippen molar-refractivity contribution in [2.75, 3.05) is 17.7 Å².